The molecule has 5 nitrogen and oxygen atoms in total. The number of nitriles is 1. The average Bonchev–Trinajstić information content (AvgIpc) is 3.26. The van der Waals surface area contributed by atoms with Gasteiger partial charge < -0.3 is 10.3 Å². The molecular weight excluding hydrogens is 376 g/mol. The quantitative estimate of drug-likeness (QED) is 0.650. The molecule has 0 atom stereocenters. The smallest absolute Gasteiger partial charge is 0.235 e. The van der Waals surface area contributed by atoms with E-state index in [4.69, 9.17) is 11.6 Å². The van der Waals surface area contributed by atoms with Crippen LogP contribution in [0.15, 0.2) is 23.4 Å². The Bertz CT molecular complexity index is 1020. The maximum atomic E-state index is 12.3. The summed E-state index contributed by atoms with van der Waals surface area (Å²) < 4.78 is 0. The lowest BCUT2D eigenvalue weighted by molar-refractivity contribution is -0.113. The number of aromatic amines is 1. The van der Waals surface area contributed by atoms with Gasteiger partial charge in [-0.15, -0.1) is 11.3 Å². The first-order chi connectivity index (χ1) is 12.1. The molecule has 0 saturated carbocycles. The van der Waals surface area contributed by atoms with Crippen LogP contribution < -0.4 is 5.32 Å². The number of thioether (sulfide) groups is 1. The zero-order chi connectivity index (χ0) is 17.4. The molecule has 2 aromatic heterocycles. The Labute approximate surface area is 157 Å². The molecule has 4 rings (SSSR count). The number of aryl methyl sites for hydroxylation is 1. The van der Waals surface area contributed by atoms with Crippen molar-refractivity contribution >= 4 is 56.6 Å². The summed E-state index contributed by atoms with van der Waals surface area (Å²) in [6.07, 6.45) is 3.03. The number of H-pyrrole nitrogens is 1. The molecule has 25 heavy (non-hydrogen) atoms. The topological polar surface area (TPSA) is 81.6 Å². The number of imidazole rings is 1. The first-order valence-electron chi connectivity index (χ1n) is 7.76. The second kappa shape index (κ2) is 6.71. The van der Waals surface area contributed by atoms with E-state index in [1.165, 1.54) is 28.0 Å². The predicted molar refractivity (Wildman–Crippen MR) is 102 cm³/mol. The minimum absolute atomic E-state index is 0.139. The SMILES string of the molecule is N#Cc1c(NC(=O)CSc2nc3ccc(Cl)cc3[nH]2)sc2c1CCC2. The van der Waals surface area contributed by atoms with Crippen molar-refractivity contribution in [3.05, 3.63) is 39.2 Å². The highest BCUT2D eigenvalue weighted by atomic mass is 35.5. The highest BCUT2D eigenvalue weighted by molar-refractivity contribution is 7.99. The lowest BCUT2D eigenvalue weighted by atomic mass is 10.1. The second-order valence-corrected chi connectivity index (χ2v) is 8.22. The monoisotopic (exact) mass is 388 g/mol. The molecule has 1 aliphatic rings. The van der Waals surface area contributed by atoms with Gasteiger partial charge in [-0.2, -0.15) is 5.26 Å². The second-order valence-electron chi connectivity index (χ2n) is 5.71. The Morgan fingerprint density at radius 3 is 3.20 bits per heavy atom. The molecule has 0 fully saturated rings. The molecule has 8 heteroatoms. The van der Waals surface area contributed by atoms with Crippen LogP contribution in [0.2, 0.25) is 5.02 Å². The number of aromatic nitrogens is 2. The van der Waals surface area contributed by atoms with Crippen LogP contribution >= 0.6 is 34.7 Å². The Balaban J connectivity index is 1.43. The van der Waals surface area contributed by atoms with E-state index >= 15 is 0 Å². The van der Waals surface area contributed by atoms with Gasteiger partial charge >= 0.3 is 0 Å². The number of hydrogen-bond acceptors (Lipinski definition) is 5. The van der Waals surface area contributed by atoms with Gasteiger partial charge in [0.25, 0.3) is 0 Å². The number of amides is 1. The van der Waals surface area contributed by atoms with Gasteiger partial charge in [-0.25, -0.2) is 4.98 Å². The van der Waals surface area contributed by atoms with Crippen molar-refractivity contribution in [2.75, 3.05) is 11.1 Å². The molecule has 1 aliphatic carbocycles. The van der Waals surface area contributed by atoms with E-state index in [-0.39, 0.29) is 11.7 Å². The number of carbonyl (C=O) groups is 1. The van der Waals surface area contributed by atoms with Gasteiger partial charge in [0.1, 0.15) is 11.1 Å². The van der Waals surface area contributed by atoms with Crippen molar-refractivity contribution < 1.29 is 4.79 Å². The van der Waals surface area contributed by atoms with E-state index in [2.05, 4.69) is 21.4 Å². The molecular formula is C17H13ClN4OS2. The fourth-order valence-electron chi connectivity index (χ4n) is 2.93. The first kappa shape index (κ1) is 16.5. The van der Waals surface area contributed by atoms with Gasteiger partial charge in [-0.05, 0) is 43.0 Å². The molecule has 0 unspecified atom stereocenters. The van der Waals surface area contributed by atoms with E-state index in [0.717, 1.165) is 35.9 Å². The van der Waals surface area contributed by atoms with Crippen molar-refractivity contribution in [1.29, 1.82) is 5.26 Å². The van der Waals surface area contributed by atoms with Crippen molar-refractivity contribution in [3.8, 4) is 6.07 Å². The zero-order valence-corrected chi connectivity index (χ0v) is 15.4. The highest BCUT2D eigenvalue weighted by Crippen LogP contribution is 2.38. The molecule has 0 bridgehead atoms. The molecule has 0 saturated heterocycles. The molecule has 126 valence electrons. The molecule has 0 spiro atoms. The highest BCUT2D eigenvalue weighted by Gasteiger charge is 2.23. The Hall–Kier alpha value is -2.01. The van der Waals surface area contributed by atoms with Gasteiger partial charge in [0.15, 0.2) is 5.16 Å². The third-order valence-electron chi connectivity index (χ3n) is 4.05. The Morgan fingerprint density at radius 2 is 2.36 bits per heavy atom. The maximum absolute atomic E-state index is 12.3. The fourth-order valence-corrected chi connectivity index (χ4v) is 5.05. The lowest BCUT2D eigenvalue weighted by Crippen LogP contribution is -2.14. The number of anilines is 1. The predicted octanol–water partition coefficient (Wildman–Crippen LogP) is 4.37. The molecule has 1 aromatic carbocycles. The van der Waals surface area contributed by atoms with Gasteiger partial charge in [0.05, 0.1) is 22.3 Å². The van der Waals surface area contributed by atoms with Gasteiger partial charge in [-0.3, -0.25) is 4.79 Å². The Morgan fingerprint density at radius 1 is 1.48 bits per heavy atom. The number of nitrogens with one attached hydrogen (secondary N) is 2. The number of fused-ring (bicyclic) bond motifs is 2. The summed E-state index contributed by atoms with van der Waals surface area (Å²) in [6, 6.07) is 7.66. The van der Waals surface area contributed by atoms with Crippen LogP contribution in [-0.4, -0.2) is 21.6 Å². The van der Waals surface area contributed by atoms with Crippen molar-refractivity contribution in [2.24, 2.45) is 0 Å². The minimum Gasteiger partial charge on any atom is -0.333 e. The van der Waals surface area contributed by atoms with Crippen LogP contribution in [0.5, 0.6) is 0 Å². The summed E-state index contributed by atoms with van der Waals surface area (Å²) in [6.45, 7) is 0. The molecule has 1 amide bonds. The number of rotatable bonds is 4. The van der Waals surface area contributed by atoms with Crippen LogP contribution in [0.1, 0.15) is 22.4 Å². The summed E-state index contributed by atoms with van der Waals surface area (Å²) in [5.41, 5.74) is 3.41. The van der Waals surface area contributed by atoms with Crippen molar-refractivity contribution in [3.63, 3.8) is 0 Å². The number of carbonyl (C=O) groups excluding carboxylic acids is 1. The van der Waals surface area contributed by atoms with Gasteiger partial charge in [-0.1, -0.05) is 23.4 Å². The third-order valence-corrected chi connectivity index (χ3v) is 6.36. The third kappa shape index (κ3) is 3.25. The molecule has 2 N–H and O–H groups in total. The number of nitrogens with zero attached hydrogens (tertiary/aromatic N) is 2. The van der Waals surface area contributed by atoms with Crippen molar-refractivity contribution in [2.45, 2.75) is 24.4 Å². The van der Waals surface area contributed by atoms with E-state index < -0.39 is 0 Å². The normalized spacial score (nSPS) is 13.0. The molecule has 3 aromatic rings. The number of hydrogen-bond donors (Lipinski definition) is 2. The van der Waals surface area contributed by atoms with Crippen LogP contribution in [0.4, 0.5) is 5.00 Å². The van der Waals surface area contributed by atoms with Crippen LogP contribution in [0, 0.1) is 11.3 Å². The summed E-state index contributed by atoms with van der Waals surface area (Å²) >= 11 is 8.81. The standard InChI is InChI=1S/C17H13ClN4OS2/c18-9-4-5-12-13(6-9)21-17(20-12)24-8-15(23)22-16-11(7-19)10-2-1-3-14(10)25-16/h4-6H,1-3,8H2,(H,20,21)(H,22,23). The molecule has 0 aliphatic heterocycles. The average molecular weight is 389 g/mol. The molecule has 2 heterocycles. The van der Waals surface area contributed by atoms with E-state index in [1.807, 2.05) is 6.07 Å². The summed E-state index contributed by atoms with van der Waals surface area (Å²) in [7, 11) is 0. The summed E-state index contributed by atoms with van der Waals surface area (Å²) in [5, 5.41) is 14.2. The lowest BCUT2D eigenvalue weighted by Gasteiger charge is -2.03. The number of halogens is 1. The van der Waals surface area contributed by atoms with Crippen LogP contribution in [0.25, 0.3) is 11.0 Å². The zero-order valence-electron chi connectivity index (χ0n) is 13.1. The minimum atomic E-state index is -0.139. The van der Waals surface area contributed by atoms with Crippen LogP contribution in [0.3, 0.4) is 0 Å². The first-order valence-corrected chi connectivity index (χ1v) is 9.94. The molecule has 0 radical (unpaired) electrons. The number of benzene rings is 1. The largest absolute Gasteiger partial charge is 0.333 e. The van der Waals surface area contributed by atoms with Gasteiger partial charge in [0, 0.05) is 9.90 Å². The van der Waals surface area contributed by atoms with E-state index in [9.17, 15) is 10.1 Å². The Kier molecular flexibility index (Phi) is 4.42. The van der Waals surface area contributed by atoms with Gasteiger partial charge in [0.2, 0.25) is 5.91 Å². The fraction of sp³-hybridized carbons (Fsp3) is 0.235. The van der Waals surface area contributed by atoms with E-state index in [1.54, 1.807) is 12.1 Å². The van der Waals surface area contributed by atoms with Crippen molar-refractivity contribution in [1.82, 2.24) is 9.97 Å². The summed E-state index contributed by atoms with van der Waals surface area (Å²) in [4.78, 5) is 21.1. The summed E-state index contributed by atoms with van der Waals surface area (Å²) in [5.74, 6) is 0.0842. The van der Waals surface area contributed by atoms with E-state index in [0.29, 0.717) is 20.7 Å². The maximum Gasteiger partial charge on any atom is 0.235 e. The van der Waals surface area contributed by atoms with Crippen LogP contribution in [-0.2, 0) is 17.6 Å². The number of thiophene rings is 1.